The van der Waals surface area contributed by atoms with Crippen molar-refractivity contribution < 1.29 is 4.21 Å². The second-order valence-corrected chi connectivity index (χ2v) is 5.10. The highest BCUT2D eigenvalue weighted by Gasteiger charge is 2.04. The first-order chi connectivity index (χ1) is 7.61. The van der Waals surface area contributed by atoms with Gasteiger partial charge in [-0.25, -0.2) is 15.8 Å². The van der Waals surface area contributed by atoms with Crippen molar-refractivity contribution in [2.75, 3.05) is 22.8 Å². The second-order valence-electron chi connectivity index (χ2n) is 3.54. The fraction of sp³-hybridized carbons (Fsp3) is 0.556. The number of aromatic nitrogens is 2. The van der Waals surface area contributed by atoms with Crippen molar-refractivity contribution in [2.45, 2.75) is 19.4 Å². The third-order valence-corrected chi connectivity index (χ3v) is 2.86. The minimum Gasteiger partial charge on any atom is -0.367 e. The van der Waals surface area contributed by atoms with Gasteiger partial charge in [0.15, 0.2) is 0 Å². The molecule has 0 radical (unpaired) electrons. The summed E-state index contributed by atoms with van der Waals surface area (Å²) in [6, 6.07) is 1.93. The van der Waals surface area contributed by atoms with Crippen LogP contribution in [0.3, 0.4) is 0 Å². The Morgan fingerprint density at radius 3 is 2.81 bits per heavy atom. The van der Waals surface area contributed by atoms with E-state index in [1.807, 2.05) is 6.92 Å². The van der Waals surface area contributed by atoms with Crippen LogP contribution in [0.1, 0.15) is 13.3 Å². The van der Waals surface area contributed by atoms with E-state index in [-0.39, 0.29) is 6.04 Å². The maximum absolute atomic E-state index is 10.9. The molecule has 16 heavy (non-hydrogen) atoms. The van der Waals surface area contributed by atoms with Crippen LogP contribution in [0.25, 0.3) is 0 Å². The quantitative estimate of drug-likeness (QED) is 0.492. The van der Waals surface area contributed by atoms with Crippen LogP contribution in [-0.4, -0.2) is 32.2 Å². The van der Waals surface area contributed by atoms with Crippen LogP contribution in [0.2, 0.25) is 0 Å². The predicted molar refractivity (Wildman–Crippen MR) is 66.5 cm³/mol. The van der Waals surface area contributed by atoms with Gasteiger partial charge in [0, 0.05) is 34.9 Å². The average Bonchev–Trinajstić information content (AvgIpc) is 2.26. The molecular weight excluding hydrogens is 226 g/mol. The standard InChI is InChI=1S/C9H17N5OS/c1-7(3-4-16(2)15)13-8-5-9(14-10)12-6-11-8/h5-7H,3-4,10H2,1-2H3,(H2,11,12,13,14). The van der Waals surface area contributed by atoms with Crippen molar-refractivity contribution in [3.8, 4) is 0 Å². The van der Waals surface area contributed by atoms with Crippen LogP contribution in [-0.2, 0) is 10.8 Å². The zero-order chi connectivity index (χ0) is 12.0. The van der Waals surface area contributed by atoms with Crippen LogP contribution < -0.4 is 16.6 Å². The lowest BCUT2D eigenvalue weighted by Crippen LogP contribution is -2.19. The molecule has 0 aromatic carbocycles. The average molecular weight is 243 g/mol. The first-order valence-corrected chi connectivity index (χ1v) is 6.69. The lowest BCUT2D eigenvalue weighted by Gasteiger charge is -2.13. The number of hydrazine groups is 1. The molecule has 0 aliphatic rings. The van der Waals surface area contributed by atoms with Gasteiger partial charge < -0.3 is 10.7 Å². The van der Waals surface area contributed by atoms with E-state index in [0.29, 0.717) is 17.4 Å². The summed E-state index contributed by atoms with van der Waals surface area (Å²) >= 11 is 0. The number of rotatable bonds is 6. The van der Waals surface area contributed by atoms with Crippen LogP contribution in [0.5, 0.6) is 0 Å². The van der Waals surface area contributed by atoms with Gasteiger partial charge in [0.25, 0.3) is 0 Å². The number of nitrogens with one attached hydrogen (secondary N) is 2. The summed E-state index contributed by atoms with van der Waals surface area (Å²) < 4.78 is 10.9. The van der Waals surface area contributed by atoms with Gasteiger partial charge in [0.2, 0.25) is 0 Å². The van der Waals surface area contributed by atoms with E-state index in [1.165, 1.54) is 6.33 Å². The molecule has 0 saturated carbocycles. The van der Waals surface area contributed by atoms with E-state index in [0.717, 1.165) is 6.42 Å². The Kier molecular flexibility index (Phi) is 5.13. The van der Waals surface area contributed by atoms with Gasteiger partial charge in [-0.2, -0.15) is 0 Å². The van der Waals surface area contributed by atoms with Gasteiger partial charge in [-0.1, -0.05) is 0 Å². The molecule has 1 aromatic rings. The molecule has 1 rings (SSSR count). The highest BCUT2D eigenvalue weighted by Crippen LogP contribution is 2.09. The molecule has 1 heterocycles. The summed E-state index contributed by atoms with van der Waals surface area (Å²) in [4.78, 5) is 7.96. The second kappa shape index (κ2) is 6.39. The molecule has 0 amide bonds. The zero-order valence-corrected chi connectivity index (χ0v) is 10.3. The van der Waals surface area contributed by atoms with Crippen molar-refractivity contribution in [1.29, 1.82) is 0 Å². The molecule has 0 aliphatic carbocycles. The molecule has 0 bridgehead atoms. The highest BCUT2D eigenvalue weighted by molar-refractivity contribution is 7.84. The number of nitrogen functional groups attached to an aromatic ring is 1. The Hall–Kier alpha value is -1.21. The first-order valence-electron chi connectivity index (χ1n) is 4.97. The number of nitrogens with zero attached hydrogens (tertiary/aromatic N) is 2. The van der Waals surface area contributed by atoms with Crippen LogP contribution in [0.15, 0.2) is 12.4 Å². The number of nitrogens with two attached hydrogens (primary N) is 1. The van der Waals surface area contributed by atoms with E-state index in [9.17, 15) is 4.21 Å². The maximum atomic E-state index is 10.9. The number of hydrogen-bond donors (Lipinski definition) is 3. The molecular formula is C9H17N5OS. The minimum absolute atomic E-state index is 0.212. The summed E-state index contributed by atoms with van der Waals surface area (Å²) in [5, 5.41) is 3.19. The van der Waals surface area contributed by atoms with Crippen molar-refractivity contribution >= 4 is 22.4 Å². The molecule has 4 N–H and O–H groups in total. The smallest absolute Gasteiger partial charge is 0.145 e. The topological polar surface area (TPSA) is 92.9 Å². The van der Waals surface area contributed by atoms with E-state index in [1.54, 1.807) is 12.3 Å². The summed E-state index contributed by atoms with van der Waals surface area (Å²) in [5.41, 5.74) is 2.45. The summed E-state index contributed by atoms with van der Waals surface area (Å²) in [7, 11) is -0.755. The predicted octanol–water partition coefficient (Wildman–Crippen LogP) is 0.331. The monoisotopic (exact) mass is 243 g/mol. The Bertz CT molecular complexity index is 360. The Balaban J connectivity index is 2.48. The molecule has 6 nitrogen and oxygen atoms in total. The fourth-order valence-electron chi connectivity index (χ4n) is 1.18. The molecule has 0 fully saturated rings. The van der Waals surface area contributed by atoms with Crippen LogP contribution in [0.4, 0.5) is 11.6 Å². The summed E-state index contributed by atoms with van der Waals surface area (Å²) in [5.74, 6) is 7.19. The third-order valence-electron chi connectivity index (χ3n) is 2.05. The molecule has 0 aliphatic heterocycles. The van der Waals surface area contributed by atoms with Gasteiger partial charge in [0.1, 0.15) is 18.0 Å². The van der Waals surface area contributed by atoms with Crippen LogP contribution >= 0.6 is 0 Å². The van der Waals surface area contributed by atoms with Gasteiger partial charge in [-0.05, 0) is 13.3 Å². The molecule has 1 aromatic heterocycles. The van der Waals surface area contributed by atoms with Gasteiger partial charge in [-0.15, -0.1) is 0 Å². The SMILES string of the molecule is CC(CCS(C)=O)Nc1cc(NN)ncn1. The van der Waals surface area contributed by atoms with Crippen molar-refractivity contribution in [1.82, 2.24) is 9.97 Å². The van der Waals surface area contributed by atoms with Gasteiger partial charge in [0.05, 0.1) is 0 Å². The molecule has 0 spiro atoms. The van der Waals surface area contributed by atoms with Gasteiger partial charge in [-0.3, -0.25) is 4.21 Å². The first kappa shape index (κ1) is 12.9. The highest BCUT2D eigenvalue weighted by atomic mass is 32.2. The van der Waals surface area contributed by atoms with Gasteiger partial charge >= 0.3 is 0 Å². The third kappa shape index (κ3) is 4.54. The molecule has 2 unspecified atom stereocenters. The van der Waals surface area contributed by atoms with Crippen LogP contribution in [0, 0.1) is 0 Å². The molecule has 7 heteroatoms. The van der Waals surface area contributed by atoms with Crippen molar-refractivity contribution in [2.24, 2.45) is 5.84 Å². The maximum Gasteiger partial charge on any atom is 0.145 e. The Labute approximate surface area is 97.5 Å². The Morgan fingerprint density at radius 2 is 2.19 bits per heavy atom. The normalized spacial score (nSPS) is 14.2. The summed E-state index contributed by atoms with van der Waals surface area (Å²) in [6.45, 7) is 2.02. The zero-order valence-electron chi connectivity index (χ0n) is 9.43. The van der Waals surface area contributed by atoms with E-state index < -0.39 is 10.8 Å². The minimum atomic E-state index is -0.755. The molecule has 2 atom stereocenters. The number of anilines is 2. The number of hydrogen-bond acceptors (Lipinski definition) is 6. The molecule has 90 valence electrons. The van der Waals surface area contributed by atoms with E-state index in [2.05, 4.69) is 20.7 Å². The van der Waals surface area contributed by atoms with E-state index in [4.69, 9.17) is 5.84 Å². The lowest BCUT2D eigenvalue weighted by atomic mass is 10.2. The van der Waals surface area contributed by atoms with Crippen molar-refractivity contribution in [3.63, 3.8) is 0 Å². The van der Waals surface area contributed by atoms with Crippen molar-refractivity contribution in [3.05, 3.63) is 12.4 Å². The largest absolute Gasteiger partial charge is 0.367 e. The lowest BCUT2D eigenvalue weighted by molar-refractivity contribution is 0.678. The Morgan fingerprint density at radius 1 is 1.50 bits per heavy atom. The summed E-state index contributed by atoms with van der Waals surface area (Å²) in [6.07, 6.45) is 3.97. The van der Waals surface area contributed by atoms with E-state index >= 15 is 0 Å². The fourth-order valence-corrected chi connectivity index (χ4v) is 1.87. The molecule has 0 saturated heterocycles.